The van der Waals surface area contributed by atoms with Gasteiger partial charge in [0.2, 0.25) is 0 Å². The molecule has 2 atom stereocenters. The van der Waals surface area contributed by atoms with Gasteiger partial charge in [0.15, 0.2) is 0 Å². The van der Waals surface area contributed by atoms with Gasteiger partial charge in [0.05, 0.1) is 22.4 Å². The highest BCUT2D eigenvalue weighted by molar-refractivity contribution is 9.10. The SMILES string of the molecule is CCn1ncc(Br)c1C(N)C1Cc2ccccc2O1. The minimum absolute atomic E-state index is 0.0318. The summed E-state index contributed by atoms with van der Waals surface area (Å²) in [5.74, 6) is 0.946. The van der Waals surface area contributed by atoms with Crippen molar-refractivity contribution in [1.29, 1.82) is 0 Å². The normalized spacial score (nSPS) is 19.0. The summed E-state index contributed by atoms with van der Waals surface area (Å²) in [5.41, 5.74) is 8.61. The van der Waals surface area contributed by atoms with E-state index in [2.05, 4.69) is 34.0 Å². The molecule has 2 unspecified atom stereocenters. The number of benzene rings is 1. The minimum Gasteiger partial charge on any atom is -0.488 e. The Bertz CT molecular complexity index is 571. The molecule has 1 aliphatic heterocycles. The fraction of sp³-hybridized carbons (Fsp3) is 0.357. The average Bonchev–Trinajstić information content (AvgIpc) is 3.01. The van der Waals surface area contributed by atoms with Gasteiger partial charge < -0.3 is 10.5 Å². The van der Waals surface area contributed by atoms with Gasteiger partial charge in [0.25, 0.3) is 0 Å². The first kappa shape index (κ1) is 12.7. The van der Waals surface area contributed by atoms with Crippen LogP contribution >= 0.6 is 15.9 Å². The summed E-state index contributed by atoms with van der Waals surface area (Å²) in [6, 6.07) is 7.91. The lowest BCUT2D eigenvalue weighted by atomic mass is 10.0. The standard InChI is InChI=1S/C14H16BrN3O/c1-2-18-14(10(15)8-17-18)13(16)12-7-9-5-3-4-6-11(9)19-12/h3-6,8,12-13H,2,7,16H2,1H3. The number of nitrogens with two attached hydrogens (primary N) is 1. The van der Waals surface area contributed by atoms with E-state index in [1.165, 1.54) is 5.56 Å². The lowest BCUT2D eigenvalue weighted by molar-refractivity contribution is 0.194. The predicted molar refractivity (Wildman–Crippen MR) is 77.1 cm³/mol. The van der Waals surface area contributed by atoms with Crippen molar-refractivity contribution in [1.82, 2.24) is 9.78 Å². The summed E-state index contributed by atoms with van der Waals surface area (Å²) in [7, 11) is 0. The molecule has 5 heteroatoms. The van der Waals surface area contributed by atoms with Crippen LogP contribution < -0.4 is 10.5 Å². The van der Waals surface area contributed by atoms with Crippen molar-refractivity contribution in [2.75, 3.05) is 0 Å². The topological polar surface area (TPSA) is 53.1 Å². The van der Waals surface area contributed by atoms with Crippen LogP contribution in [0.1, 0.15) is 24.2 Å². The number of rotatable bonds is 3. The molecule has 1 aromatic heterocycles. The molecule has 1 aliphatic rings. The molecule has 0 fully saturated rings. The number of nitrogens with zero attached hydrogens (tertiary/aromatic N) is 2. The number of hydrogen-bond acceptors (Lipinski definition) is 3. The van der Waals surface area contributed by atoms with E-state index in [9.17, 15) is 0 Å². The van der Waals surface area contributed by atoms with Crippen molar-refractivity contribution in [3.63, 3.8) is 0 Å². The third-order valence-electron chi connectivity index (χ3n) is 3.52. The molecule has 1 aromatic carbocycles. The van der Waals surface area contributed by atoms with Crippen LogP contribution in [-0.4, -0.2) is 15.9 Å². The first-order valence-corrected chi connectivity index (χ1v) is 7.21. The van der Waals surface area contributed by atoms with E-state index in [0.29, 0.717) is 0 Å². The number of fused-ring (bicyclic) bond motifs is 1. The van der Waals surface area contributed by atoms with Crippen LogP contribution in [-0.2, 0) is 13.0 Å². The second-order valence-corrected chi connectivity index (χ2v) is 5.54. The molecule has 0 spiro atoms. The van der Waals surface area contributed by atoms with Gasteiger partial charge in [-0.2, -0.15) is 5.10 Å². The zero-order chi connectivity index (χ0) is 13.4. The van der Waals surface area contributed by atoms with Crippen molar-refractivity contribution in [2.24, 2.45) is 5.73 Å². The van der Waals surface area contributed by atoms with Crippen molar-refractivity contribution in [3.05, 3.63) is 46.2 Å². The van der Waals surface area contributed by atoms with E-state index in [0.717, 1.165) is 28.9 Å². The van der Waals surface area contributed by atoms with Crippen LogP contribution in [0.15, 0.2) is 34.9 Å². The summed E-state index contributed by atoms with van der Waals surface area (Å²) in [4.78, 5) is 0. The molecule has 0 bridgehead atoms. The van der Waals surface area contributed by atoms with E-state index >= 15 is 0 Å². The van der Waals surface area contributed by atoms with Crippen LogP contribution in [0.2, 0.25) is 0 Å². The number of aromatic nitrogens is 2. The van der Waals surface area contributed by atoms with Gasteiger partial charge in [0, 0.05) is 13.0 Å². The second-order valence-electron chi connectivity index (χ2n) is 4.69. The molecule has 2 aromatic rings. The Morgan fingerprint density at radius 2 is 2.32 bits per heavy atom. The maximum atomic E-state index is 6.39. The third-order valence-corrected chi connectivity index (χ3v) is 4.13. The van der Waals surface area contributed by atoms with Gasteiger partial charge in [-0.15, -0.1) is 0 Å². The van der Waals surface area contributed by atoms with Crippen molar-refractivity contribution >= 4 is 15.9 Å². The summed E-state index contributed by atoms with van der Waals surface area (Å²) in [5, 5.41) is 4.31. The monoisotopic (exact) mass is 321 g/mol. The van der Waals surface area contributed by atoms with E-state index in [1.54, 1.807) is 6.20 Å². The van der Waals surface area contributed by atoms with Crippen LogP contribution in [0.5, 0.6) is 5.75 Å². The molecule has 0 saturated heterocycles. The van der Waals surface area contributed by atoms with Crippen LogP contribution in [0.25, 0.3) is 0 Å². The number of aryl methyl sites for hydroxylation is 1. The van der Waals surface area contributed by atoms with Crippen LogP contribution in [0.4, 0.5) is 0 Å². The zero-order valence-electron chi connectivity index (χ0n) is 10.7. The quantitative estimate of drug-likeness (QED) is 0.945. The van der Waals surface area contributed by atoms with Gasteiger partial charge in [-0.25, -0.2) is 0 Å². The highest BCUT2D eigenvalue weighted by atomic mass is 79.9. The average molecular weight is 322 g/mol. The van der Waals surface area contributed by atoms with E-state index in [4.69, 9.17) is 10.5 Å². The molecule has 3 rings (SSSR count). The number of para-hydroxylation sites is 1. The Kier molecular flexibility index (Phi) is 3.33. The van der Waals surface area contributed by atoms with E-state index < -0.39 is 0 Å². The summed E-state index contributed by atoms with van der Waals surface area (Å²) in [6.07, 6.45) is 2.61. The highest BCUT2D eigenvalue weighted by Gasteiger charge is 2.31. The lowest BCUT2D eigenvalue weighted by Crippen LogP contribution is -2.32. The van der Waals surface area contributed by atoms with Gasteiger partial charge in [-0.3, -0.25) is 4.68 Å². The molecule has 0 radical (unpaired) electrons. The zero-order valence-corrected chi connectivity index (χ0v) is 12.3. The Morgan fingerprint density at radius 1 is 1.53 bits per heavy atom. The number of hydrogen-bond donors (Lipinski definition) is 1. The fourth-order valence-corrected chi connectivity index (χ4v) is 3.10. The largest absolute Gasteiger partial charge is 0.488 e. The molecule has 4 nitrogen and oxygen atoms in total. The van der Waals surface area contributed by atoms with Gasteiger partial charge in [-0.05, 0) is 34.5 Å². The Morgan fingerprint density at radius 3 is 3.05 bits per heavy atom. The second kappa shape index (κ2) is 4.98. The number of ether oxygens (including phenoxy) is 1. The molecular weight excluding hydrogens is 306 g/mol. The highest BCUT2D eigenvalue weighted by Crippen LogP contribution is 2.34. The molecular formula is C14H16BrN3O. The lowest BCUT2D eigenvalue weighted by Gasteiger charge is -2.20. The molecule has 2 N–H and O–H groups in total. The Balaban J connectivity index is 1.87. The smallest absolute Gasteiger partial charge is 0.124 e. The van der Waals surface area contributed by atoms with Gasteiger partial charge in [-0.1, -0.05) is 18.2 Å². The maximum absolute atomic E-state index is 6.39. The molecule has 0 saturated carbocycles. The minimum atomic E-state index is -0.191. The van der Waals surface area contributed by atoms with Crippen molar-refractivity contribution in [2.45, 2.75) is 32.0 Å². The predicted octanol–water partition coefficient (Wildman–Crippen LogP) is 2.67. The van der Waals surface area contributed by atoms with Crippen molar-refractivity contribution in [3.8, 4) is 5.75 Å². The fourth-order valence-electron chi connectivity index (χ4n) is 2.54. The molecule has 2 heterocycles. The Labute approximate surface area is 120 Å². The van der Waals surface area contributed by atoms with Gasteiger partial charge in [0.1, 0.15) is 11.9 Å². The first-order valence-electron chi connectivity index (χ1n) is 6.42. The summed E-state index contributed by atoms with van der Waals surface area (Å²) in [6.45, 7) is 2.86. The Hall–Kier alpha value is -1.33. The number of halogens is 1. The molecule has 19 heavy (non-hydrogen) atoms. The summed E-state index contributed by atoms with van der Waals surface area (Å²) < 4.78 is 8.82. The third kappa shape index (κ3) is 2.17. The van der Waals surface area contributed by atoms with Crippen LogP contribution in [0.3, 0.4) is 0 Å². The molecule has 0 amide bonds. The van der Waals surface area contributed by atoms with Gasteiger partial charge >= 0.3 is 0 Å². The maximum Gasteiger partial charge on any atom is 0.124 e. The first-order chi connectivity index (χ1) is 9.20. The molecule has 0 aliphatic carbocycles. The van der Waals surface area contributed by atoms with E-state index in [-0.39, 0.29) is 12.1 Å². The van der Waals surface area contributed by atoms with Crippen LogP contribution in [0, 0.1) is 0 Å². The van der Waals surface area contributed by atoms with Crippen molar-refractivity contribution < 1.29 is 4.74 Å². The summed E-state index contributed by atoms with van der Waals surface area (Å²) >= 11 is 3.52. The van der Waals surface area contributed by atoms with E-state index in [1.807, 2.05) is 22.9 Å². The molecule has 100 valence electrons.